The number of ether oxygens (including phenoxy) is 1. The zero-order valence-corrected chi connectivity index (χ0v) is 13.5. The van der Waals surface area contributed by atoms with Gasteiger partial charge in [-0.05, 0) is 23.5 Å². The molecule has 3 nitrogen and oxygen atoms in total. The van der Waals surface area contributed by atoms with Crippen molar-refractivity contribution in [1.29, 1.82) is 5.26 Å². The number of methoxy groups -OCH3 is 1. The molecule has 0 aromatic rings. The average molecular weight is 294 g/mol. The molecule has 0 heterocycles. The molecule has 0 N–H and O–H groups in total. The number of allylic oxidation sites excluding steroid dienone is 1. The van der Waals surface area contributed by atoms with Crippen LogP contribution < -0.4 is 5.11 Å². The van der Waals surface area contributed by atoms with E-state index in [4.69, 9.17) is 11.8 Å². The van der Waals surface area contributed by atoms with Gasteiger partial charge in [-0.3, -0.25) is 0 Å². The minimum absolute atomic E-state index is 0. The molecule has 0 aliphatic heterocycles. The van der Waals surface area contributed by atoms with E-state index in [2.05, 4.69) is 52.0 Å². The van der Waals surface area contributed by atoms with E-state index in [9.17, 15) is 5.11 Å². The average Bonchev–Trinajstić information content (AvgIpc) is 2.13. The van der Waals surface area contributed by atoms with Crippen molar-refractivity contribution in [2.24, 2.45) is 10.8 Å². The predicted molar refractivity (Wildman–Crippen MR) is 67.2 cm³/mol. The molecule has 0 saturated heterocycles. The zero-order valence-electron chi connectivity index (χ0n) is 12.6. The first-order valence-electron chi connectivity index (χ1n) is 5.04. The van der Waals surface area contributed by atoms with Crippen molar-refractivity contribution in [3.63, 3.8) is 0 Å². The van der Waals surface area contributed by atoms with Crippen molar-refractivity contribution in [1.82, 2.24) is 0 Å². The molecule has 0 amide bonds. The van der Waals surface area contributed by atoms with E-state index < -0.39 is 5.95 Å². The summed E-state index contributed by atoms with van der Waals surface area (Å²) in [5, 5.41) is 17.4. The molecule has 102 valence electrons. The first-order chi connectivity index (χ1) is 7.09. The van der Waals surface area contributed by atoms with E-state index >= 15 is 0 Å². The number of hydrogen-bond acceptors (Lipinski definition) is 3. The Morgan fingerprint density at radius 1 is 1.06 bits per heavy atom. The summed E-state index contributed by atoms with van der Waals surface area (Å²) in [5.74, 6) is -0.398. The number of hydrogen-bond donors (Lipinski definition) is 0. The molecule has 0 aromatic heterocycles. The van der Waals surface area contributed by atoms with Crippen LogP contribution in [0.25, 0.3) is 0 Å². The van der Waals surface area contributed by atoms with Crippen LogP contribution in [0.2, 0.25) is 0 Å². The van der Waals surface area contributed by atoms with Crippen LogP contribution in [0.3, 0.4) is 0 Å². The van der Waals surface area contributed by atoms with Gasteiger partial charge in [0.2, 0.25) is 0 Å². The SMILES string of the molecule is COC([O-])=C=C(C(C)(C)C)C(C)(C)C.[C-]#N.[Cu+2].[Li]. The molecule has 0 rings (SSSR count). The summed E-state index contributed by atoms with van der Waals surface area (Å²) >= 11 is 0. The third-order valence-corrected chi connectivity index (χ3v) is 1.91. The summed E-state index contributed by atoms with van der Waals surface area (Å²) in [6, 6.07) is 0. The molecule has 0 aliphatic rings. The third-order valence-electron chi connectivity index (χ3n) is 1.91. The van der Waals surface area contributed by atoms with Crippen LogP contribution in [-0.2, 0) is 21.8 Å². The van der Waals surface area contributed by atoms with Gasteiger partial charge in [0.15, 0.2) is 0 Å². The van der Waals surface area contributed by atoms with Crippen LogP contribution in [0.4, 0.5) is 0 Å². The van der Waals surface area contributed by atoms with Crippen molar-refractivity contribution >= 4 is 18.9 Å². The second kappa shape index (κ2) is 10.6. The Bertz CT molecular complexity index is 289. The Kier molecular flexibility index (Phi) is 15.5. The molecule has 0 aromatic carbocycles. The maximum absolute atomic E-state index is 11.2. The van der Waals surface area contributed by atoms with Gasteiger partial charge in [-0.15, -0.1) is 0 Å². The Morgan fingerprint density at radius 2 is 1.33 bits per heavy atom. The molecule has 0 unspecified atom stereocenters. The van der Waals surface area contributed by atoms with Crippen molar-refractivity contribution in [3.8, 4) is 0 Å². The van der Waals surface area contributed by atoms with Crippen LogP contribution in [0.5, 0.6) is 0 Å². The van der Waals surface area contributed by atoms with E-state index in [0.717, 1.165) is 5.57 Å². The molecule has 0 atom stereocenters. The Hall–Kier alpha value is -0.273. The summed E-state index contributed by atoms with van der Waals surface area (Å²) < 4.78 is 4.60. The van der Waals surface area contributed by atoms with Gasteiger partial charge in [-0.2, -0.15) is 0 Å². The van der Waals surface area contributed by atoms with Gasteiger partial charge in [0.25, 0.3) is 0 Å². The number of nitrogens with zero attached hydrogens (tertiary/aromatic N) is 1. The van der Waals surface area contributed by atoms with E-state index in [1.54, 1.807) is 0 Å². The smallest absolute Gasteiger partial charge is 0.611 e. The van der Waals surface area contributed by atoms with Crippen LogP contribution in [0.15, 0.2) is 17.2 Å². The third kappa shape index (κ3) is 10.9. The summed E-state index contributed by atoms with van der Waals surface area (Å²) in [5.41, 5.74) is 3.66. The fourth-order valence-corrected chi connectivity index (χ4v) is 1.65. The minimum atomic E-state index is -0.398. The van der Waals surface area contributed by atoms with E-state index in [-0.39, 0.29) is 46.8 Å². The quantitative estimate of drug-likeness (QED) is 0.322. The van der Waals surface area contributed by atoms with Crippen molar-refractivity contribution < 1.29 is 26.9 Å². The summed E-state index contributed by atoms with van der Waals surface area (Å²) in [6.07, 6.45) is 0. The molecule has 0 bridgehead atoms. The van der Waals surface area contributed by atoms with Crippen LogP contribution in [0.1, 0.15) is 41.5 Å². The topological polar surface area (TPSA) is 56.1 Å². The first kappa shape index (κ1) is 26.3. The Morgan fingerprint density at radius 3 is 1.50 bits per heavy atom. The Balaban J connectivity index is -0.000000232. The van der Waals surface area contributed by atoms with Gasteiger partial charge >= 0.3 is 17.1 Å². The fraction of sp³-hybridized carbons (Fsp3) is 0.692. The molecule has 18 heavy (non-hydrogen) atoms. The second-order valence-corrected chi connectivity index (χ2v) is 5.49. The molecule has 5 heteroatoms. The first-order valence-corrected chi connectivity index (χ1v) is 5.04. The van der Waals surface area contributed by atoms with E-state index in [1.807, 2.05) is 0 Å². The zero-order chi connectivity index (χ0) is 13.6. The largest absolute Gasteiger partial charge is 2.00 e. The molecule has 0 fully saturated rings. The van der Waals surface area contributed by atoms with Gasteiger partial charge < -0.3 is 21.7 Å². The fourth-order valence-electron chi connectivity index (χ4n) is 1.65. The molecular formula is C13H21CuLiNO2. The molecule has 0 aliphatic carbocycles. The van der Waals surface area contributed by atoms with E-state index in [0.29, 0.717) is 0 Å². The molecule has 0 saturated carbocycles. The number of rotatable bonds is 1. The minimum Gasteiger partial charge on any atom is -0.611 e. The van der Waals surface area contributed by atoms with E-state index in [1.165, 1.54) is 7.11 Å². The standard InChI is InChI=1S/C12H22O2.CN.Cu.Li/c1-11(2,3)9(12(4,5)6)8-10(13)14-7;1-2;;/h13H,1-7H3;;;/q;-1;+2;/p-1. The van der Waals surface area contributed by atoms with Gasteiger partial charge in [-0.25, -0.2) is 0 Å². The summed E-state index contributed by atoms with van der Waals surface area (Å²) in [6.45, 7) is 17.2. The van der Waals surface area contributed by atoms with Crippen LogP contribution in [-0.4, -0.2) is 26.0 Å². The van der Waals surface area contributed by atoms with Crippen molar-refractivity contribution in [2.75, 3.05) is 7.11 Å². The maximum Gasteiger partial charge on any atom is 2.00 e. The van der Waals surface area contributed by atoms with Gasteiger partial charge in [0, 0.05) is 18.9 Å². The molecule has 2 radical (unpaired) electrons. The van der Waals surface area contributed by atoms with Crippen molar-refractivity contribution in [3.05, 3.63) is 23.8 Å². The summed E-state index contributed by atoms with van der Waals surface area (Å²) in [7, 11) is 1.37. The molecule has 0 spiro atoms. The normalized spacial score (nSPS) is 9.39. The van der Waals surface area contributed by atoms with Gasteiger partial charge in [0.1, 0.15) is 0 Å². The van der Waals surface area contributed by atoms with Gasteiger partial charge in [-0.1, -0.05) is 47.3 Å². The van der Waals surface area contributed by atoms with Crippen LogP contribution in [0, 0.1) is 22.7 Å². The maximum atomic E-state index is 11.2. The molecular weight excluding hydrogens is 273 g/mol. The van der Waals surface area contributed by atoms with Gasteiger partial charge in [0.05, 0.1) is 5.95 Å². The van der Waals surface area contributed by atoms with Crippen LogP contribution >= 0.6 is 0 Å². The summed E-state index contributed by atoms with van der Waals surface area (Å²) in [4.78, 5) is 0. The predicted octanol–water partition coefficient (Wildman–Crippen LogP) is 2.17. The second-order valence-electron chi connectivity index (χ2n) is 5.49. The monoisotopic (exact) mass is 293 g/mol. The van der Waals surface area contributed by atoms with Crippen molar-refractivity contribution in [2.45, 2.75) is 41.5 Å². The Labute approximate surface area is 134 Å².